The molecule has 0 aliphatic carbocycles. The van der Waals surface area contributed by atoms with E-state index in [1.165, 1.54) is 7.11 Å². The Morgan fingerprint density at radius 1 is 1.58 bits per heavy atom. The van der Waals surface area contributed by atoms with Gasteiger partial charge < -0.3 is 9.84 Å². The van der Waals surface area contributed by atoms with E-state index in [9.17, 15) is 9.59 Å². The summed E-state index contributed by atoms with van der Waals surface area (Å²) < 4.78 is 4.14. The van der Waals surface area contributed by atoms with Crippen molar-refractivity contribution in [2.45, 2.75) is 13.3 Å². The fourth-order valence-electron chi connectivity index (χ4n) is 0.0833. The number of hydrogen-bond acceptors (Lipinski definition) is 3. The number of hydrogen-bond donors (Lipinski definition) is 1. The summed E-state index contributed by atoms with van der Waals surface area (Å²) in [4.78, 5) is 19.2. The second kappa shape index (κ2) is 12.8. The first-order valence-electron chi connectivity index (χ1n) is 3.00. The maximum absolute atomic E-state index is 9.84. The Hall–Kier alpha value is -0.801. The van der Waals surface area contributed by atoms with E-state index < -0.39 is 11.9 Å². The van der Waals surface area contributed by atoms with Crippen LogP contribution >= 0.6 is 0 Å². The van der Waals surface area contributed by atoms with Crippen LogP contribution in [0.2, 0.25) is 0 Å². The van der Waals surface area contributed by atoms with Crippen LogP contribution in [0.1, 0.15) is 13.3 Å². The summed E-state index contributed by atoms with van der Waals surface area (Å²) in [5.41, 5.74) is 0. The smallest absolute Gasteiger partial charge is 0.329 e. The minimum atomic E-state index is -0.745. The van der Waals surface area contributed by atoms with Gasteiger partial charge in [-0.2, -0.15) is 0 Å². The maximum atomic E-state index is 9.84. The Kier molecular flexibility index (Phi) is 18.5. The molecule has 0 aliphatic rings. The molecule has 0 aliphatic heterocycles. The quantitative estimate of drug-likeness (QED) is 0.428. The molecule has 0 aromatic rings. The van der Waals surface area contributed by atoms with Crippen molar-refractivity contribution in [2.75, 3.05) is 7.11 Å². The molecule has 0 fully saturated rings. The molecule has 0 saturated carbocycles. The normalized spacial score (nSPS) is 6.50. The van der Waals surface area contributed by atoms with Gasteiger partial charge in [0.25, 0.3) is 0 Å². The molecule has 0 bridgehead atoms. The van der Waals surface area contributed by atoms with Gasteiger partial charge in [-0.15, -0.1) is 0 Å². The van der Waals surface area contributed by atoms with Gasteiger partial charge in [-0.3, -0.25) is 4.79 Å². The number of carboxylic acid groups (broad SMARTS) is 1. The zero-order valence-electron chi connectivity index (χ0n) is 6.97. The Morgan fingerprint density at radius 2 is 1.92 bits per heavy atom. The van der Waals surface area contributed by atoms with Crippen molar-refractivity contribution in [3.05, 3.63) is 12.7 Å². The van der Waals surface area contributed by atoms with Crippen LogP contribution in [0.5, 0.6) is 0 Å². The van der Waals surface area contributed by atoms with E-state index in [4.69, 9.17) is 5.11 Å². The number of ether oxygens (including phenoxy) is 1. The van der Waals surface area contributed by atoms with Crippen molar-refractivity contribution >= 4 is 11.9 Å². The van der Waals surface area contributed by atoms with Crippen LogP contribution in [0.4, 0.5) is 0 Å². The molecule has 0 aromatic heterocycles. The van der Waals surface area contributed by atoms with Crippen molar-refractivity contribution in [3.63, 3.8) is 0 Å². The number of esters is 1. The summed E-state index contributed by atoms with van der Waals surface area (Å²) in [5, 5.41) is 7.72. The zero-order valence-corrected chi connectivity index (χ0v) is 7.91. The summed E-state index contributed by atoms with van der Waals surface area (Å²) in [5.74, 6) is -1.14. The van der Waals surface area contributed by atoms with E-state index in [0.29, 0.717) is 0 Å². The molecule has 1 N–H and O–H groups in total. The molecule has 0 spiro atoms. The van der Waals surface area contributed by atoms with Crippen molar-refractivity contribution < 1.29 is 36.5 Å². The van der Waals surface area contributed by atoms with Gasteiger partial charge in [-0.25, -0.2) is 4.79 Å². The fourth-order valence-corrected chi connectivity index (χ4v) is 0.0833. The molecule has 0 aromatic carbocycles. The van der Waals surface area contributed by atoms with Gasteiger partial charge in [-0.05, 0) is 0 Å². The van der Waals surface area contributed by atoms with Crippen molar-refractivity contribution in [1.82, 2.24) is 0 Å². The SMILES string of the molecule is C=CC(=O)OC.CCC(=O)O.[Cu]. The first-order chi connectivity index (χ1) is 5.08. The van der Waals surface area contributed by atoms with Gasteiger partial charge in [0.1, 0.15) is 0 Å². The molecule has 12 heavy (non-hydrogen) atoms. The molecule has 0 atom stereocenters. The largest absolute Gasteiger partial charge is 0.481 e. The molecule has 0 amide bonds. The summed E-state index contributed by atoms with van der Waals surface area (Å²) in [6, 6.07) is 0. The van der Waals surface area contributed by atoms with E-state index in [1.807, 2.05) is 0 Å². The number of aliphatic carboxylic acids is 1. The Balaban J connectivity index is -0.000000126. The average Bonchev–Trinajstić information content (AvgIpc) is 2.04. The molecule has 0 unspecified atom stereocenters. The van der Waals surface area contributed by atoms with Gasteiger partial charge in [0, 0.05) is 29.6 Å². The van der Waals surface area contributed by atoms with Crippen LogP contribution in [0.3, 0.4) is 0 Å². The second-order valence-corrected chi connectivity index (χ2v) is 1.47. The van der Waals surface area contributed by atoms with E-state index in [1.54, 1.807) is 6.92 Å². The van der Waals surface area contributed by atoms with Crippen LogP contribution in [-0.2, 0) is 31.4 Å². The molecule has 1 radical (unpaired) electrons. The molecule has 5 heteroatoms. The minimum absolute atomic E-state index is 0. The molecular formula is C7H12CuO4. The third kappa shape index (κ3) is 22.9. The van der Waals surface area contributed by atoms with Gasteiger partial charge in [0.2, 0.25) is 0 Å². The van der Waals surface area contributed by atoms with Gasteiger partial charge >= 0.3 is 11.9 Å². The van der Waals surface area contributed by atoms with E-state index in [0.717, 1.165) is 6.08 Å². The number of rotatable bonds is 2. The summed E-state index contributed by atoms with van der Waals surface area (Å²) in [6.07, 6.45) is 1.33. The Bertz CT molecular complexity index is 144. The summed E-state index contributed by atoms with van der Waals surface area (Å²) in [6.45, 7) is 4.76. The minimum Gasteiger partial charge on any atom is -0.481 e. The molecule has 75 valence electrons. The van der Waals surface area contributed by atoms with Crippen molar-refractivity contribution in [1.29, 1.82) is 0 Å². The maximum Gasteiger partial charge on any atom is 0.329 e. The van der Waals surface area contributed by atoms with Crippen LogP contribution in [0.25, 0.3) is 0 Å². The number of methoxy groups -OCH3 is 1. The van der Waals surface area contributed by atoms with E-state index >= 15 is 0 Å². The third-order valence-electron chi connectivity index (χ3n) is 0.670. The van der Waals surface area contributed by atoms with Crippen LogP contribution in [-0.4, -0.2) is 24.2 Å². The average molecular weight is 224 g/mol. The zero-order chi connectivity index (χ0) is 9.28. The van der Waals surface area contributed by atoms with Crippen LogP contribution in [0.15, 0.2) is 12.7 Å². The first-order valence-corrected chi connectivity index (χ1v) is 3.00. The second-order valence-electron chi connectivity index (χ2n) is 1.47. The number of carbonyl (C=O) groups excluding carboxylic acids is 1. The topological polar surface area (TPSA) is 63.6 Å². The fraction of sp³-hybridized carbons (Fsp3) is 0.429. The van der Waals surface area contributed by atoms with E-state index in [2.05, 4.69) is 11.3 Å². The molecular weight excluding hydrogens is 212 g/mol. The van der Waals surface area contributed by atoms with Crippen molar-refractivity contribution in [3.8, 4) is 0 Å². The number of carbonyl (C=O) groups is 2. The third-order valence-corrected chi connectivity index (χ3v) is 0.670. The summed E-state index contributed by atoms with van der Waals surface area (Å²) >= 11 is 0. The van der Waals surface area contributed by atoms with Gasteiger partial charge in [-0.1, -0.05) is 13.5 Å². The van der Waals surface area contributed by atoms with E-state index in [-0.39, 0.29) is 23.5 Å². The molecule has 4 nitrogen and oxygen atoms in total. The Morgan fingerprint density at radius 3 is 1.92 bits per heavy atom. The van der Waals surface area contributed by atoms with Gasteiger partial charge in [0.15, 0.2) is 0 Å². The van der Waals surface area contributed by atoms with Crippen LogP contribution < -0.4 is 0 Å². The van der Waals surface area contributed by atoms with Crippen LogP contribution in [0, 0.1) is 0 Å². The molecule has 0 saturated heterocycles. The predicted octanol–water partition coefficient (Wildman–Crippen LogP) is 0.824. The summed E-state index contributed by atoms with van der Waals surface area (Å²) in [7, 11) is 1.31. The van der Waals surface area contributed by atoms with Gasteiger partial charge in [0.05, 0.1) is 7.11 Å². The molecule has 0 heterocycles. The van der Waals surface area contributed by atoms with Crippen molar-refractivity contribution in [2.24, 2.45) is 0 Å². The first kappa shape index (κ1) is 17.3. The monoisotopic (exact) mass is 223 g/mol. The number of carboxylic acids is 1. The molecule has 0 rings (SSSR count). The standard InChI is InChI=1S/C4H6O2.C3H6O2.Cu/c1-3-4(5)6-2;1-2-3(4)5;/h3H,1H2,2H3;2H2,1H3,(H,4,5);. The predicted molar refractivity (Wildman–Crippen MR) is 40.1 cm³/mol. The Labute approximate surface area is 82.1 Å².